The largest absolute Gasteiger partial charge is 0.339 e. The van der Waals surface area contributed by atoms with Crippen molar-refractivity contribution in [2.75, 3.05) is 39.0 Å². The Labute approximate surface area is 176 Å². The number of carbonyl (C=O) groups is 2. The number of rotatable bonds is 6. The second-order valence-corrected chi connectivity index (χ2v) is 7.82. The van der Waals surface area contributed by atoms with Gasteiger partial charge in [-0.15, -0.1) is 0 Å². The summed E-state index contributed by atoms with van der Waals surface area (Å²) in [7, 11) is 3.90. The van der Waals surface area contributed by atoms with Gasteiger partial charge in [0.25, 0.3) is 5.91 Å². The molecule has 29 heavy (non-hydrogen) atoms. The smallest absolute Gasteiger partial charge is 0.319 e. The molecule has 0 saturated carbocycles. The highest BCUT2D eigenvalue weighted by molar-refractivity contribution is 6.31. The van der Waals surface area contributed by atoms with Crippen LogP contribution in [0.15, 0.2) is 48.5 Å². The number of likely N-dealkylation sites (N-methyl/N-ethyl adjacent to an activating group) is 1. The summed E-state index contributed by atoms with van der Waals surface area (Å²) in [4.78, 5) is 28.6. The van der Waals surface area contributed by atoms with Crippen molar-refractivity contribution in [1.29, 1.82) is 0 Å². The van der Waals surface area contributed by atoms with Gasteiger partial charge in [-0.05, 0) is 62.8 Å². The van der Waals surface area contributed by atoms with Gasteiger partial charge in [0, 0.05) is 35.9 Å². The molecule has 0 aliphatic carbocycles. The maximum absolute atomic E-state index is 12.4. The summed E-state index contributed by atoms with van der Waals surface area (Å²) in [5.74, 6) is 0.0482. The first kappa shape index (κ1) is 21.1. The number of urea groups is 1. The van der Waals surface area contributed by atoms with Crippen LogP contribution >= 0.6 is 11.6 Å². The lowest BCUT2D eigenvalue weighted by Crippen LogP contribution is -2.37. The molecule has 0 aromatic heterocycles. The van der Waals surface area contributed by atoms with Crippen molar-refractivity contribution in [3.05, 3.63) is 64.7 Å². The highest BCUT2D eigenvalue weighted by Crippen LogP contribution is 2.25. The molecule has 3 rings (SSSR count). The van der Waals surface area contributed by atoms with Gasteiger partial charge in [-0.1, -0.05) is 29.8 Å². The quantitative estimate of drug-likeness (QED) is 0.750. The number of amides is 3. The number of halogens is 1. The predicted molar refractivity (Wildman–Crippen MR) is 116 cm³/mol. The average molecular weight is 415 g/mol. The molecular formula is C22H27ClN4O2. The van der Waals surface area contributed by atoms with Crippen molar-refractivity contribution in [3.63, 3.8) is 0 Å². The Morgan fingerprint density at radius 2 is 1.72 bits per heavy atom. The average Bonchev–Trinajstić information content (AvgIpc) is 3.24. The van der Waals surface area contributed by atoms with E-state index >= 15 is 0 Å². The van der Waals surface area contributed by atoms with Gasteiger partial charge in [0.1, 0.15) is 0 Å². The lowest BCUT2D eigenvalue weighted by Gasteiger charge is -2.26. The fourth-order valence-electron chi connectivity index (χ4n) is 3.48. The van der Waals surface area contributed by atoms with Crippen LogP contribution in [0.4, 0.5) is 10.5 Å². The second-order valence-electron chi connectivity index (χ2n) is 7.41. The minimum Gasteiger partial charge on any atom is -0.339 e. The number of nitrogens with one attached hydrogen (secondary N) is 2. The molecule has 2 aromatic rings. The summed E-state index contributed by atoms with van der Waals surface area (Å²) in [6, 6.07) is 14.3. The Bertz CT molecular complexity index is 848. The summed E-state index contributed by atoms with van der Waals surface area (Å²) in [6.45, 7) is 2.05. The molecule has 1 heterocycles. The van der Waals surface area contributed by atoms with E-state index in [9.17, 15) is 9.59 Å². The molecule has 1 aliphatic rings. The first-order chi connectivity index (χ1) is 14.0. The molecule has 0 radical (unpaired) electrons. The van der Waals surface area contributed by atoms with Crippen molar-refractivity contribution in [2.45, 2.75) is 18.9 Å². The first-order valence-corrected chi connectivity index (χ1v) is 10.2. The Morgan fingerprint density at radius 1 is 1.07 bits per heavy atom. The zero-order valence-electron chi connectivity index (χ0n) is 16.8. The molecule has 1 aliphatic heterocycles. The van der Waals surface area contributed by atoms with Crippen molar-refractivity contribution in [3.8, 4) is 0 Å². The zero-order chi connectivity index (χ0) is 20.8. The minimum atomic E-state index is -0.303. The van der Waals surface area contributed by atoms with Crippen LogP contribution in [-0.2, 0) is 0 Å². The second kappa shape index (κ2) is 9.76. The third-order valence-electron chi connectivity index (χ3n) is 5.13. The van der Waals surface area contributed by atoms with Crippen molar-refractivity contribution >= 4 is 29.2 Å². The number of hydrogen-bond acceptors (Lipinski definition) is 3. The molecule has 7 heteroatoms. The summed E-state index contributed by atoms with van der Waals surface area (Å²) in [5.41, 5.74) is 2.24. The molecule has 0 bridgehead atoms. The maximum Gasteiger partial charge on any atom is 0.319 e. The van der Waals surface area contributed by atoms with Crippen LogP contribution in [0.5, 0.6) is 0 Å². The topological polar surface area (TPSA) is 64.7 Å². The van der Waals surface area contributed by atoms with E-state index in [1.54, 1.807) is 24.3 Å². The van der Waals surface area contributed by atoms with Gasteiger partial charge in [-0.3, -0.25) is 4.79 Å². The Morgan fingerprint density at radius 3 is 2.34 bits per heavy atom. The number of carbonyl (C=O) groups excluding carboxylic acids is 2. The van der Waals surface area contributed by atoms with Crippen LogP contribution in [0.25, 0.3) is 0 Å². The fraction of sp³-hybridized carbons (Fsp3) is 0.364. The van der Waals surface area contributed by atoms with E-state index in [1.165, 1.54) is 0 Å². The van der Waals surface area contributed by atoms with Crippen LogP contribution in [0, 0.1) is 0 Å². The Hall–Kier alpha value is -2.57. The van der Waals surface area contributed by atoms with E-state index in [-0.39, 0.29) is 18.0 Å². The molecule has 1 saturated heterocycles. The van der Waals surface area contributed by atoms with Crippen molar-refractivity contribution in [1.82, 2.24) is 15.1 Å². The number of anilines is 1. The van der Waals surface area contributed by atoms with E-state index in [1.807, 2.05) is 48.2 Å². The fourth-order valence-corrected chi connectivity index (χ4v) is 3.74. The van der Waals surface area contributed by atoms with Crippen LogP contribution in [0.3, 0.4) is 0 Å². The Kier molecular flexibility index (Phi) is 7.12. The van der Waals surface area contributed by atoms with E-state index in [0.717, 1.165) is 31.5 Å². The monoisotopic (exact) mass is 414 g/mol. The molecule has 3 amide bonds. The van der Waals surface area contributed by atoms with Gasteiger partial charge in [0.15, 0.2) is 0 Å². The minimum absolute atomic E-state index is 0.0464. The van der Waals surface area contributed by atoms with E-state index in [4.69, 9.17) is 11.6 Å². The summed E-state index contributed by atoms with van der Waals surface area (Å²) < 4.78 is 0. The standard InChI is InChI=1S/C22H27ClN4O2/c1-26(2)20(18-7-3-4-8-19(18)23)15-24-22(29)25-17-11-9-16(10-12-17)21(28)27-13-5-6-14-27/h3-4,7-12,20H,5-6,13-15H2,1-2H3,(H2,24,25,29). The molecule has 0 spiro atoms. The molecule has 6 nitrogen and oxygen atoms in total. The maximum atomic E-state index is 12.4. The lowest BCUT2D eigenvalue weighted by atomic mass is 10.1. The SMILES string of the molecule is CN(C)C(CNC(=O)Nc1ccc(C(=O)N2CCCC2)cc1)c1ccccc1Cl. The highest BCUT2D eigenvalue weighted by Gasteiger charge is 2.20. The van der Waals surface area contributed by atoms with Gasteiger partial charge < -0.3 is 20.4 Å². The summed E-state index contributed by atoms with van der Waals surface area (Å²) >= 11 is 6.31. The third kappa shape index (κ3) is 5.49. The normalized spacial score (nSPS) is 14.7. The third-order valence-corrected chi connectivity index (χ3v) is 5.47. The number of nitrogens with zero attached hydrogens (tertiary/aromatic N) is 2. The number of benzene rings is 2. The van der Waals surface area contributed by atoms with Crippen LogP contribution < -0.4 is 10.6 Å². The van der Waals surface area contributed by atoms with Gasteiger partial charge in [0.2, 0.25) is 0 Å². The lowest BCUT2D eigenvalue weighted by molar-refractivity contribution is 0.0793. The van der Waals surface area contributed by atoms with Crippen LogP contribution in [0.2, 0.25) is 5.02 Å². The molecule has 1 fully saturated rings. The van der Waals surface area contributed by atoms with E-state index < -0.39 is 0 Å². The van der Waals surface area contributed by atoms with Gasteiger partial charge in [-0.2, -0.15) is 0 Å². The Balaban J connectivity index is 1.56. The molecule has 2 aromatic carbocycles. The molecule has 1 unspecified atom stereocenters. The summed E-state index contributed by atoms with van der Waals surface area (Å²) in [5, 5.41) is 6.38. The zero-order valence-corrected chi connectivity index (χ0v) is 17.6. The number of likely N-dealkylation sites (tertiary alicyclic amines) is 1. The number of hydrogen-bond donors (Lipinski definition) is 2. The summed E-state index contributed by atoms with van der Waals surface area (Å²) in [6.07, 6.45) is 2.13. The van der Waals surface area contributed by atoms with Crippen LogP contribution in [0.1, 0.15) is 34.8 Å². The van der Waals surface area contributed by atoms with E-state index in [2.05, 4.69) is 10.6 Å². The first-order valence-electron chi connectivity index (χ1n) is 9.81. The highest BCUT2D eigenvalue weighted by atomic mass is 35.5. The predicted octanol–water partition coefficient (Wildman–Crippen LogP) is 4.00. The van der Waals surface area contributed by atoms with Crippen molar-refractivity contribution in [2.24, 2.45) is 0 Å². The molecular weight excluding hydrogens is 388 g/mol. The van der Waals surface area contributed by atoms with Gasteiger partial charge in [-0.25, -0.2) is 4.79 Å². The molecule has 154 valence electrons. The van der Waals surface area contributed by atoms with E-state index in [0.29, 0.717) is 22.8 Å². The van der Waals surface area contributed by atoms with Gasteiger partial charge >= 0.3 is 6.03 Å². The van der Waals surface area contributed by atoms with Crippen molar-refractivity contribution < 1.29 is 9.59 Å². The van der Waals surface area contributed by atoms with Gasteiger partial charge in [0.05, 0.1) is 6.04 Å². The molecule has 1 atom stereocenters. The molecule has 2 N–H and O–H groups in total. The van der Waals surface area contributed by atoms with Crippen LogP contribution in [-0.4, -0.2) is 55.5 Å².